The lowest BCUT2D eigenvalue weighted by Gasteiger charge is -2.24. The van der Waals surface area contributed by atoms with Gasteiger partial charge >= 0.3 is 0 Å². The van der Waals surface area contributed by atoms with Crippen LogP contribution in [0.4, 0.5) is 0 Å². The highest BCUT2D eigenvalue weighted by atomic mass is 35.5. The number of halogens is 1. The predicted octanol–water partition coefficient (Wildman–Crippen LogP) is 4.07. The Morgan fingerprint density at radius 2 is 1.62 bits per heavy atom. The van der Waals surface area contributed by atoms with Crippen LogP contribution in [-0.2, 0) is 13.1 Å². The fourth-order valence-electron chi connectivity index (χ4n) is 3.29. The second-order valence-corrected chi connectivity index (χ2v) is 6.93. The summed E-state index contributed by atoms with van der Waals surface area (Å²) in [6, 6.07) is 10.0. The molecule has 0 radical (unpaired) electrons. The van der Waals surface area contributed by atoms with Crippen molar-refractivity contribution in [2.24, 2.45) is 0 Å². The van der Waals surface area contributed by atoms with Crippen molar-refractivity contribution >= 4 is 11.6 Å². The molecule has 1 saturated heterocycles. The Labute approximate surface area is 147 Å². The van der Waals surface area contributed by atoms with Gasteiger partial charge in [0, 0.05) is 24.0 Å². The van der Waals surface area contributed by atoms with Crippen molar-refractivity contribution < 1.29 is 0 Å². The molecule has 3 heterocycles. The van der Waals surface area contributed by atoms with Crippen molar-refractivity contribution in [3.63, 3.8) is 0 Å². The van der Waals surface area contributed by atoms with Crippen molar-refractivity contribution in [3.8, 4) is 11.4 Å². The number of rotatable bonds is 4. The molecule has 0 aliphatic carbocycles. The average molecular weight is 341 g/mol. The zero-order valence-corrected chi connectivity index (χ0v) is 14.4. The molecule has 0 N–H and O–H groups in total. The Morgan fingerprint density at radius 1 is 0.875 bits per heavy atom. The van der Waals surface area contributed by atoms with Crippen LogP contribution >= 0.6 is 11.6 Å². The monoisotopic (exact) mass is 340 g/mol. The molecule has 24 heavy (non-hydrogen) atoms. The van der Waals surface area contributed by atoms with Gasteiger partial charge in [-0.15, -0.1) is 0 Å². The quantitative estimate of drug-likeness (QED) is 0.718. The minimum Gasteiger partial charge on any atom is -0.348 e. The van der Waals surface area contributed by atoms with Gasteiger partial charge in [-0.1, -0.05) is 30.2 Å². The lowest BCUT2D eigenvalue weighted by atomic mass is 10.1. The standard InChI is InChI=1S/C19H21ClN4/c20-16-6-4-15(5-7-16)12-24-11-8-17-18(13-24)22-19(21-17)14-23-9-2-1-3-10-23/h4-8,11,13H,1-3,9-10,12,14H2. The first-order chi connectivity index (χ1) is 11.8. The van der Waals surface area contributed by atoms with E-state index >= 15 is 0 Å². The van der Waals surface area contributed by atoms with E-state index in [0.29, 0.717) is 0 Å². The van der Waals surface area contributed by atoms with E-state index in [2.05, 4.69) is 45.0 Å². The zero-order valence-electron chi connectivity index (χ0n) is 13.7. The second-order valence-electron chi connectivity index (χ2n) is 6.49. The van der Waals surface area contributed by atoms with E-state index in [1.165, 1.54) is 37.9 Å². The molecule has 4 nitrogen and oxygen atoms in total. The number of benzene rings is 1. The van der Waals surface area contributed by atoms with E-state index < -0.39 is 0 Å². The van der Waals surface area contributed by atoms with Crippen LogP contribution in [0.3, 0.4) is 0 Å². The van der Waals surface area contributed by atoms with E-state index in [1.807, 2.05) is 12.1 Å². The third-order valence-corrected chi connectivity index (χ3v) is 4.82. The first kappa shape index (κ1) is 15.6. The maximum Gasteiger partial charge on any atom is 0.143 e. The van der Waals surface area contributed by atoms with E-state index in [0.717, 1.165) is 35.3 Å². The van der Waals surface area contributed by atoms with Gasteiger partial charge in [0.2, 0.25) is 0 Å². The van der Waals surface area contributed by atoms with Crippen LogP contribution in [0.5, 0.6) is 0 Å². The van der Waals surface area contributed by atoms with Crippen LogP contribution in [0.15, 0.2) is 42.7 Å². The zero-order chi connectivity index (χ0) is 16.4. The van der Waals surface area contributed by atoms with E-state index in [9.17, 15) is 0 Å². The van der Waals surface area contributed by atoms with Gasteiger partial charge in [-0.25, -0.2) is 9.97 Å². The normalized spacial score (nSPS) is 15.9. The maximum absolute atomic E-state index is 5.95. The first-order valence-corrected chi connectivity index (χ1v) is 8.93. The molecule has 1 aromatic carbocycles. The molecule has 1 aromatic rings. The molecular weight excluding hydrogens is 320 g/mol. The van der Waals surface area contributed by atoms with Crippen molar-refractivity contribution in [2.45, 2.75) is 32.4 Å². The number of nitrogens with zero attached hydrogens (tertiary/aromatic N) is 4. The Bertz CT molecular complexity index is 775. The Kier molecular flexibility index (Phi) is 4.50. The number of hydrogen-bond donors (Lipinski definition) is 0. The van der Waals surface area contributed by atoms with Gasteiger partial charge in [0.25, 0.3) is 0 Å². The number of piperidine rings is 1. The van der Waals surface area contributed by atoms with Gasteiger partial charge in [-0.3, -0.25) is 4.90 Å². The van der Waals surface area contributed by atoms with Crippen LogP contribution < -0.4 is 0 Å². The molecule has 0 amide bonds. The highest BCUT2D eigenvalue weighted by Crippen LogP contribution is 2.21. The highest BCUT2D eigenvalue weighted by Gasteiger charge is 2.16. The van der Waals surface area contributed by atoms with Gasteiger partial charge in [-0.2, -0.15) is 0 Å². The summed E-state index contributed by atoms with van der Waals surface area (Å²) in [7, 11) is 0. The lowest BCUT2D eigenvalue weighted by Crippen LogP contribution is -2.29. The number of pyridine rings is 1. The van der Waals surface area contributed by atoms with Gasteiger partial charge in [-0.05, 0) is 49.7 Å². The molecule has 0 atom stereocenters. The SMILES string of the molecule is Clc1ccc(Cn2ccc3nc(CN4CCCCC4)nc-3c2)cc1. The second kappa shape index (κ2) is 6.91. The fraction of sp³-hybridized carbons (Fsp3) is 0.368. The summed E-state index contributed by atoms with van der Waals surface area (Å²) in [5, 5.41) is 0.767. The summed E-state index contributed by atoms with van der Waals surface area (Å²) in [5.74, 6) is 0.941. The molecule has 0 unspecified atom stereocenters. The maximum atomic E-state index is 5.95. The van der Waals surface area contributed by atoms with Crippen molar-refractivity contribution in [3.05, 3.63) is 59.1 Å². The summed E-state index contributed by atoms with van der Waals surface area (Å²) >= 11 is 5.95. The molecule has 5 heteroatoms. The van der Waals surface area contributed by atoms with Gasteiger partial charge in [0.1, 0.15) is 11.5 Å². The lowest BCUT2D eigenvalue weighted by molar-refractivity contribution is 0.216. The molecule has 0 saturated carbocycles. The molecule has 124 valence electrons. The highest BCUT2D eigenvalue weighted by molar-refractivity contribution is 6.30. The van der Waals surface area contributed by atoms with E-state index in [4.69, 9.17) is 16.6 Å². The number of fused-ring (bicyclic) bond motifs is 1. The van der Waals surface area contributed by atoms with Crippen LogP contribution in [0.2, 0.25) is 5.02 Å². The molecule has 3 aliphatic rings. The number of imidazole rings is 1. The fourth-order valence-corrected chi connectivity index (χ4v) is 3.41. The van der Waals surface area contributed by atoms with Crippen molar-refractivity contribution in [1.82, 2.24) is 19.4 Å². The summed E-state index contributed by atoms with van der Waals surface area (Å²) in [4.78, 5) is 11.9. The molecule has 3 aliphatic heterocycles. The molecule has 0 bridgehead atoms. The van der Waals surface area contributed by atoms with Crippen molar-refractivity contribution in [2.75, 3.05) is 13.1 Å². The van der Waals surface area contributed by atoms with Crippen molar-refractivity contribution in [1.29, 1.82) is 0 Å². The summed E-state index contributed by atoms with van der Waals surface area (Å²) < 4.78 is 2.14. The molecular formula is C19H21ClN4. The third kappa shape index (κ3) is 3.60. The van der Waals surface area contributed by atoms with E-state index in [1.54, 1.807) is 0 Å². The summed E-state index contributed by atoms with van der Waals surface area (Å²) in [5.41, 5.74) is 3.17. The number of likely N-dealkylation sites (tertiary alicyclic amines) is 1. The van der Waals surface area contributed by atoms with Crippen LogP contribution in [0, 0.1) is 0 Å². The van der Waals surface area contributed by atoms with Gasteiger partial charge < -0.3 is 4.57 Å². The summed E-state index contributed by atoms with van der Waals surface area (Å²) in [6.07, 6.45) is 8.08. The van der Waals surface area contributed by atoms with E-state index in [-0.39, 0.29) is 0 Å². The number of hydrogen-bond acceptors (Lipinski definition) is 3. The van der Waals surface area contributed by atoms with Crippen LogP contribution in [0.25, 0.3) is 11.4 Å². The molecule has 0 aromatic heterocycles. The first-order valence-electron chi connectivity index (χ1n) is 8.55. The molecule has 0 spiro atoms. The third-order valence-electron chi connectivity index (χ3n) is 4.57. The Morgan fingerprint density at radius 3 is 2.42 bits per heavy atom. The predicted molar refractivity (Wildman–Crippen MR) is 96.3 cm³/mol. The van der Waals surface area contributed by atoms with Gasteiger partial charge in [0.05, 0.1) is 12.2 Å². The van der Waals surface area contributed by atoms with Gasteiger partial charge in [0.15, 0.2) is 0 Å². The minimum atomic E-state index is 0.767. The molecule has 4 rings (SSSR count). The number of aromatic nitrogens is 3. The Balaban J connectivity index is 1.50. The summed E-state index contributed by atoms with van der Waals surface area (Å²) in [6.45, 7) is 4.01. The average Bonchev–Trinajstić information content (AvgIpc) is 2.99. The van der Waals surface area contributed by atoms with Crippen LogP contribution in [-0.4, -0.2) is 32.5 Å². The topological polar surface area (TPSA) is 34.0 Å². The Hall–Kier alpha value is -1.91. The molecule has 1 fully saturated rings. The largest absolute Gasteiger partial charge is 0.348 e. The smallest absolute Gasteiger partial charge is 0.143 e. The minimum absolute atomic E-state index is 0.767. The van der Waals surface area contributed by atoms with Crippen LogP contribution in [0.1, 0.15) is 30.7 Å².